The van der Waals surface area contributed by atoms with Crippen molar-refractivity contribution in [1.82, 2.24) is 9.97 Å². The van der Waals surface area contributed by atoms with E-state index in [1.165, 1.54) is 0 Å². The third kappa shape index (κ3) is 5.21. The second-order valence-corrected chi connectivity index (χ2v) is 8.48. The Kier molecular flexibility index (Phi) is 6.38. The zero-order valence-electron chi connectivity index (χ0n) is 18.7. The summed E-state index contributed by atoms with van der Waals surface area (Å²) in [4.78, 5) is 45.3. The van der Waals surface area contributed by atoms with Crippen LogP contribution in [0.2, 0.25) is 5.02 Å². The Morgan fingerprint density at radius 1 is 0.944 bits per heavy atom. The molecule has 0 radical (unpaired) electrons. The lowest BCUT2D eigenvalue weighted by Gasteiger charge is -2.23. The van der Waals surface area contributed by atoms with E-state index in [-0.39, 0.29) is 23.8 Å². The molecule has 36 heavy (non-hydrogen) atoms. The average Bonchev–Trinajstić information content (AvgIpc) is 2.85. The largest absolute Gasteiger partial charge is 0.457 e. The third-order valence-corrected chi connectivity index (χ3v) is 5.69. The standard InChI is InChI=1S/C26H20ClN5O4/c27-15-5-4-6-17(13-15)29-26-31-23-22(25(35)32-26)20(14-21(33)30-23)24(34)28-16-9-11-19(12-10-16)36-18-7-2-1-3-8-18/h1-13,20H,14H2,(H,28,34)(H3,29,30,31,32,33,35)/t20-/m1/s1. The van der Waals surface area contributed by atoms with Crippen molar-refractivity contribution in [1.29, 1.82) is 0 Å². The van der Waals surface area contributed by atoms with E-state index in [2.05, 4.69) is 25.9 Å². The molecule has 0 spiro atoms. The van der Waals surface area contributed by atoms with Gasteiger partial charge in [0.15, 0.2) is 0 Å². The number of benzene rings is 3. The highest BCUT2D eigenvalue weighted by Crippen LogP contribution is 2.31. The molecule has 1 aliphatic heterocycles. The molecular formula is C26H20ClN5O4. The van der Waals surface area contributed by atoms with Crippen molar-refractivity contribution in [3.8, 4) is 11.5 Å². The summed E-state index contributed by atoms with van der Waals surface area (Å²) in [5.74, 6) is -0.489. The third-order valence-electron chi connectivity index (χ3n) is 5.46. The second kappa shape index (κ2) is 9.93. The van der Waals surface area contributed by atoms with Crippen LogP contribution in [0, 0.1) is 0 Å². The summed E-state index contributed by atoms with van der Waals surface area (Å²) >= 11 is 6.00. The summed E-state index contributed by atoms with van der Waals surface area (Å²) in [7, 11) is 0. The topological polar surface area (TPSA) is 125 Å². The molecule has 3 aromatic carbocycles. The van der Waals surface area contributed by atoms with Crippen LogP contribution in [0.15, 0.2) is 83.7 Å². The van der Waals surface area contributed by atoms with E-state index in [4.69, 9.17) is 16.3 Å². The van der Waals surface area contributed by atoms with Crippen molar-refractivity contribution in [3.63, 3.8) is 0 Å². The number of aromatic amines is 1. The second-order valence-electron chi connectivity index (χ2n) is 8.05. The van der Waals surface area contributed by atoms with Gasteiger partial charge in [0.1, 0.15) is 17.3 Å². The minimum atomic E-state index is -1.01. The molecule has 5 rings (SSSR count). The average molecular weight is 502 g/mol. The van der Waals surface area contributed by atoms with Crippen LogP contribution in [-0.4, -0.2) is 21.8 Å². The normalized spacial score (nSPS) is 14.4. The molecule has 2 heterocycles. The van der Waals surface area contributed by atoms with Gasteiger partial charge in [-0.15, -0.1) is 0 Å². The molecule has 1 aromatic heterocycles. The Morgan fingerprint density at radius 3 is 2.44 bits per heavy atom. The van der Waals surface area contributed by atoms with Gasteiger partial charge in [-0.05, 0) is 54.6 Å². The molecule has 0 bridgehead atoms. The maximum Gasteiger partial charge on any atom is 0.258 e. The number of carbonyl (C=O) groups is 2. The van der Waals surface area contributed by atoms with Crippen molar-refractivity contribution in [2.45, 2.75) is 12.3 Å². The maximum absolute atomic E-state index is 13.1. The predicted molar refractivity (Wildman–Crippen MR) is 137 cm³/mol. The Balaban J connectivity index is 1.34. The van der Waals surface area contributed by atoms with Gasteiger partial charge in [0, 0.05) is 22.8 Å². The Morgan fingerprint density at radius 2 is 1.69 bits per heavy atom. The smallest absolute Gasteiger partial charge is 0.258 e. The number of hydrogen-bond donors (Lipinski definition) is 4. The summed E-state index contributed by atoms with van der Waals surface area (Å²) < 4.78 is 5.76. The van der Waals surface area contributed by atoms with Crippen molar-refractivity contribution in [2.75, 3.05) is 16.0 Å². The van der Waals surface area contributed by atoms with Gasteiger partial charge in [0.25, 0.3) is 5.56 Å². The molecule has 0 fully saturated rings. The van der Waals surface area contributed by atoms with E-state index in [9.17, 15) is 14.4 Å². The van der Waals surface area contributed by atoms with Crippen LogP contribution >= 0.6 is 11.6 Å². The van der Waals surface area contributed by atoms with Crippen LogP contribution in [0.3, 0.4) is 0 Å². The highest BCUT2D eigenvalue weighted by molar-refractivity contribution is 6.30. The fourth-order valence-corrected chi connectivity index (χ4v) is 4.01. The molecule has 2 amide bonds. The molecule has 0 saturated carbocycles. The van der Waals surface area contributed by atoms with E-state index in [0.717, 1.165) is 0 Å². The number of amides is 2. The lowest BCUT2D eigenvalue weighted by atomic mass is 9.92. The van der Waals surface area contributed by atoms with Gasteiger partial charge in [-0.1, -0.05) is 35.9 Å². The number of nitrogens with one attached hydrogen (secondary N) is 4. The van der Waals surface area contributed by atoms with Crippen LogP contribution in [0.5, 0.6) is 11.5 Å². The number of carbonyl (C=O) groups excluding carboxylic acids is 2. The first-order valence-electron chi connectivity index (χ1n) is 11.0. The molecule has 10 heteroatoms. The fraction of sp³-hybridized carbons (Fsp3) is 0.0769. The van der Waals surface area contributed by atoms with E-state index in [1.54, 1.807) is 48.5 Å². The number of H-pyrrole nitrogens is 1. The van der Waals surface area contributed by atoms with Crippen LogP contribution in [-0.2, 0) is 9.59 Å². The summed E-state index contributed by atoms with van der Waals surface area (Å²) in [6.07, 6.45) is -0.181. The van der Waals surface area contributed by atoms with Crippen LogP contribution in [0.4, 0.5) is 23.1 Å². The van der Waals surface area contributed by atoms with E-state index >= 15 is 0 Å². The molecule has 1 atom stereocenters. The van der Waals surface area contributed by atoms with Gasteiger partial charge in [0.05, 0.1) is 11.5 Å². The molecule has 0 unspecified atom stereocenters. The lowest BCUT2D eigenvalue weighted by molar-refractivity contribution is -0.123. The monoisotopic (exact) mass is 501 g/mol. The zero-order chi connectivity index (χ0) is 25.1. The number of aromatic nitrogens is 2. The highest BCUT2D eigenvalue weighted by Gasteiger charge is 2.34. The Hall–Kier alpha value is -4.63. The van der Waals surface area contributed by atoms with Crippen LogP contribution in [0.25, 0.3) is 0 Å². The zero-order valence-corrected chi connectivity index (χ0v) is 19.5. The molecule has 9 nitrogen and oxygen atoms in total. The lowest BCUT2D eigenvalue weighted by Crippen LogP contribution is -2.36. The van der Waals surface area contributed by atoms with E-state index in [1.807, 2.05) is 30.3 Å². The molecule has 4 aromatic rings. The number of rotatable bonds is 6. The Labute approximate surface area is 210 Å². The van der Waals surface area contributed by atoms with Crippen molar-refractivity contribution >= 4 is 46.6 Å². The minimum absolute atomic E-state index is 0.0336. The number of fused-ring (bicyclic) bond motifs is 1. The molecule has 0 saturated heterocycles. The molecule has 4 N–H and O–H groups in total. The summed E-state index contributed by atoms with van der Waals surface area (Å²) in [5.41, 5.74) is 0.655. The number of ether oxygens (including phenoxy) is 1. The van der Waals surface area contributed by atoms with Crippen molar-refractivity contribution < 1.29 is 14.3 Å². The van der Waals surface area contributed by atoms with Crippen molar-refractivity contribution in [3.05, 3.63) is 99.8 Å². The molecule has 180 valence electrons. The van der Waals surface area contributed by atoms with Gasteiger partial charge in [0.2, 0.25) is 17.8 Å². The van der Waals surface area contributed by atoms with Gasteiger partial charge in [-0.3, -0.25) is 19.4 Å². The number of anilines is 4. The molecule has 1 aliphatic rings. The first-order chi connectivity index (χ1) is 17.4. The Bertz CT molecular complexity index is 1490. The van der Waals surface area contributed by atoms with Gasteiger partial charge >= 0.3 is 0 Å². The predicted octanol–water partition coefficient (Wildman–Crippen LogP) is 5.02. The fourth-order valence-electron chi connectivity index (χ4n) is 3.82. The molecule has 0 aliphatic carbocycles. The van der Waals surface area contributed by atoms with Gasteiger partial charge in [-0.25, -0.2) is 0 Å². The molecular weight excluding hydrogens is 482 g/mol. The first-order valence-corrected chi connectivity index (χ1v) is 11.4. The van der Waals surface area contributed by atoms with Gasteiger partial charge < -0.3 is 20.7 Å². The van der Waals surface area contributed by atoms with Crippen molar-refractivity contribution in [2.24, 2.45) is 0 Å². The number of para-hydroxylation sites is 1. The van der Waals surface area contributed by atoms with E-state index in [0.29, 0.717) is 27.9 Å². The summed E-state index contributed by atoms with van der Waals surface area (Å²) in [6.45, 7) is 0. The quantitative estimate of drug-likeness (QED) is 0.294. The van der Waals surface area contributed by atoms with Crippen LogP contribution in [0.1, 0.15) is 17.9 Å². The highest BCUT2D eigenvalue weighted by atomic mass is 35.5. The summed E-state index contributed by atoms with van der Waals surface area (Å²) in [5, 5.41) is 8.80. The van der Waals surface area contributed by atoms with Crippen LogP contribution < -0.4 is 26.2 Å². The SMILES string of the molecule is O=C1C[C@@H](C(=O)Nc2ccc(Oc3ccccc3)cc2)c2c(nc(Nc3cccc(Cl)c3)[nH]c2=O)N1. The van der Waals surface area contributed by atoms with E-state index < -0.39 is 23.3 Å². The number of hydrogen-bond acceptors (Lipinski definition) is 6. The van der Waals surface area contributed by atoms with Gasteiger partial charge in [-0.2, -0.15) is 4.98 Å². The first kappa shape index (κ1) is 23.1. The number of halogens is 1. The number of nitrogens with zero attached hydrogens (tertiary/aromatic N) is 1. The minimum Gasteiger partial charge on any atom is -0.457 e. The summed E-state index contributed by atoms with van der Waals surface area (Å²) in [6, 6.07) is 23.0. The maximum atomic E-state index is 13.1.